The van der Waals surface area contributed by atoms with E-state index < -0.39 is 0 Å². The molecule has 0 aromatic carbocycles. The van der Waals surface area contributed by atoms with Gasteiger partial charge in [-0.25, -0.2) is 4.39 Å². The standard InChI is InChI=1S/C19H32ClFO/c1-8-16(18(21)13-14(3)19(5,6)7)17(11-10-12-20)15(4)22-9-2/h8,13,15,17H,3,9-12H2,1-2,4-7H3/b16-8-,18-13+/t15-,17?/m1/s1. The normalized spacial score (nSPS) is 16.5. The quantitative estimate of drug-likeness (QED) is 0.348. The molecule has 0 saturated heterocycles. The van der Waals surface area contributed by atoms with Gasteiger partial charge in [0.05, 0.1) is 6.10 Å². The molecule has 0 amide bonds. The van der Waals surface area contributed by atoms with Gasteiger partial charge in [-0.1, -0.05) is 33.4 Å². The Morgan fingerprint density at radius 3 is 2.36 bits per heavy atom. The summed E-state index contributed by atoms with van der Waals surface area (Å²) in [5.74, 6) is 0.369. The largest absolute Gasteiger partial charge is 0.378 e. The summed E-state index contributed by atoms with van der Waals surface area (Å²) < 4.78 is 20.5. The topological polar surface area (TPSA) is 9.23 Å². The summed E-state index contributed by atoms with van der Waals surface area (Å²) in [6.45, 7) is 16.5. The van der Waals surface area contributed by atoms with Crippen LogP contribution in [0.5, 0.6) is 0 Å². The minimum atomic E-state index is -0.214. The zero-order chi connectivity index (χ0) is 17.3. The van der Waals surface area contributed by atoms with Crippen molar-refractivity contribution in [2.45, 2.75) is 60.5 Å². The van der Waals surface area contributed by atoms with E-state index in [-0.39, 0.29) is 23.3 Å². The molecule has 0 saturated carbocycles. The van der Waals surface area contributed by atoms with Gasteiger partial charge in [0.1, 0.15) is 5.83 Å². The summed E-state index contributed by atoms with van der Waals surface area (Å²) in [5, 5.41) is 0. The number of hydrogen-bond donors (Lipinski definition) is 0. The molecule has 0 N–H and O–H groups in total. The van der Waals surface area contributed by atoms with Crippen LogP contribution < -0.4 is 0 Å². The van der Waals surface area contributed by atoms with Gasteiger partial charge in [0.25, 0.3) is 0 Å². The molecular formula is C19H32ClFO. The molecule has 2 atom stereocenters. The molecular weight excluding hydrogens is 299 g/mol. The van der Waals surface area contributed by atoms with Crippen molar-refractivity contribution >= 4 is 11.6 Å². The van der Waals surface area contributed by atoms with Gasteiger partial charge in [-0.2, -0.15) is 0 Å². The maximum atomic E-state index is 14.8. The first-order chi connectivity index (χ1) is 10.2. The molecule has 0 rings (SSSR count). The lowest BCUT2D eigenvalue weighted by atomic mass is 9.84. The number of rotatable bonds is 9. The fraction of sp³-hybridized carbons (Fsp3) is 0.684. The second-order valence-corrected chi connectivity index (χ2v) is 6.99. The summed E-state index contributed by atoms with van der Waals surface area (Å²) in [6, 6.07) is 0. The maximum absolute atomic E-state index is 14.8. The molecule has 3 heteroatoms. The van der Waals surface area contributed by atoms with Gasteiger partial charge in [-0.05, 0) is 56.3 Å². The Morgan fingerprint density at radius 2 is 1.95 bits per heavy atom. The van der Waals surface area contributed by atoms with Gasteiger partial charge >= 0.3 is 0 Å². The van der Waals surface area contributed by atoms with E-state index in [2.05, 4.69) is 6.58 Å². The minimum Gasteiger partial charge on any atom is -0.378 e. The molecule has 0 aromatic heterocycles. The third-order valence-corrected chi connectivity index (χ3v) is 4.16. The Morgan fingerprint density at radius 1 is 1.36 bits per heavy atom. The highest BCUT2D eigenvalue weighted by molar-refractivity contribution is 6.17. The van der Waals surface area contributed by atoms with Crippen LogP contribution in [0.2, 0.25) is 0 Å². The highest BCUT2D eigenvalue weighted by Gasteiger charge is 2.25. The molecule has 0 spiro atoms. The van der Waals surface area contributed by atoms with Crippen LogP contribution in [0.15, 0.2) is 35.7 Å². The minimum absolute atomic E-state index is 0.00715. The summed E-state index contributed by atoms with van der Waals surface area (Å²) in [4.78, 5) is 0. The first-order valence-electron chi connectivity index (χ1n) is 8.09. The molecule has 0 aliphatic rings. The van der Waals surface area contributed by atoms with E-state index in [1.807, 2.05) is 47.6 Å². The van der Waals surface area contributed by atoms with Gasteiger partial charge < -0.3 is 4.74 Å². The van der Waals surface area contributed by atoms with Crippen molar-refractivity contribution in [2.24, 2.45) is 11.3 Å². The van der Waals surface area contributed by atoms with E-state index in [1.54, 1.807) is 6.08 Å². The molecule has 1 unspecified atom stereocenters. The smallest absolute Gasteiger partial charge is 0.126 e. The summed E-state index contributed by atoms with van der Waals surface area (Å²) in [7, 11) is 0. The second-order valence-electron chi connectivity index (χ2n) is 6.61. The Hall–Kier alpha value is -0.600. The second kappa shape index (κ2) is 10.2. The van der Waals surface area contributed by atoms with E-state index in [4.69, 9.17) is 16.3 Å². The molecule has 128 valence electrons. The van der Waals surface area contributed by atoms with Crippen molar-refractivity contribution in [3.05, 3.63) is 35.7 Å². The molecule has 0 aliphatic carbocycles. The van der Waals surface area contributed by atoms with Crippen molar-refractivity contribution in [1.29, 1.82) is 0 Å². The fourth-order valence-electron chi connectivity index (χ4n) is 2.30. The van der Waals surface area contributed by atoms with Crippen molar-refractivity contribution in [3.8, 4) is 0 Å². The van der Waals surface area contributed by atoms with Crippen molar-refractivity contribution < 1.29 is 9.13 Å². The average Bonchev–Trinajstić information content (AvgIpc) is 2.42. The van der Waals surface area contributed by atoms with Gasteiger partial charge in [0.15, 0.2) is 0 Å². The fourth-order valence-corrected chi connectivity index (χ4v) is 2.46. The lowest BCUT2D eigenvalue weighted by molar-refractivity contribution is 0.0412. The van der Waals surface area contributed by atoms with E-state index >= 15 is 0 Å². The van der Waals surface area contributed by atoms with Gasteiger partial charge in [0, 0.05) is 18.4 Å². The van der Waals surface area contributed by atoms with Crippen LogP contribution in [-0.4, -0.2) is 18.6 Å². The third kappa shape index (κ3) is 7.11. The molecule has 0 radical (unpaired) electrons. The van der Waals surface area contributed by atoms with Crippen LogP contribution in [0.25, 0.3) is 0 Å². The molecule has 0 aliphatic heterocycles. The van der Waals surface area contributed by atoms with Crippen LogP contribution in [0.1, 0.15) is 54.4 Å². The van der Waals surface area contributed by atoms with Crippen molar-refractivity contribution in [2.75, 3.05) is 12.5 Å². The number of halogens is 2. The number of hydrogen-bond acceptors (Lipinski definition) is 1. The Kier molecular flexibility index (Phi) is 9.95. The molecule has 1 nitrogen and oxygen atoms in total. The van der Waals surface area contributed by atoms with Crippen LogP contribution in [0.4, 0.5) is 4.39 Å². The van der Waals surface area contributed by atoms with Gasteiger partial charge in [-0.3, -0.25) is 0 Å². The number of alkyl halides is 1. The molecule has 0 fully saturated rings. The van der Waals surface area contributed by atoms with Crippen LogP contribution >= 0.6 is 11.6 Å². The molecule has 0 bridgehead atoms. The summed E-state index contributed by atoms with van der Waals surface area (Å²) in [6.07, 6.45) is 5.02. The monoisotopic (exact) mass is 330 g/mol. The molecule has 0 aromatic rings. The van der Waals surface area contributed by atoms with Crippen LogP contribution in [0, 0.1) is 11.3 Å². The van der Waals surface area contributed by atoms with E-state index in [1.165, 1.54) is 0 Å². The summed E-state index contributed by atoms with van der Waals surface area (Å²) in [5.41, 5.74) is 1.33. The zero-order valence-electron chi connectivity index (χ0n) is 15.0. The summed E-state index contributed by atoms with van der Waals surface area (Å²) >= 11 is 5.82. The van der Waals surface area contributed by atoms with E-state index in [0.29, 0.717) is 18.1 Å². The maximum Gasteiger partial charge on any atom is 0.126 e. The first-order valence-corrected chi connectivity index (χ1v) is 8.63. The molecule has 0 heterocycles. The lowest BCUT2D eigenvalue weighted by Gasteiger charge is -2.26. The zero-order valence-corrected chi connectivity index (χ0v) is 15.8. The predicted octanol–water partition coefficient (Wildman–Crippen LogP) is 6.45. The Balaban J connectivity index is 5.38. The van der Waals surface area contributed by atoms with Crippen molar-refractivity contribution in [1.82, 2.24) is 0 Å². The van der Waals surface area contributed by atoms with E-state index in [0.717, 1.165) is 18.4 Å². The van der Waals surface area contributed by atoms with Crippen molar-refractivity contribution in [3.63, 3.8) is 0 Å². The highest BCUT2D eigenvalue weighted by Crippen LogP contribution is 2.33. The van der Waals surface area contributed by atoms with Gasteiger partial charge in [-0.15, -0.1) is 11.6 Å². The first kappa shape index (κ1) is 21.4. The van der Waals surface area contributed by atoms with E-state index in [9.17, 15) is 4.39 Å². The number of ether oxygens (including phenoxy) is 1. The lowest BCUT2D eigenvalue weighted by Crippen LogP contribution is -2.23. The highest BCUT2D eigenvalue weighted by atomic mass is 35.5. The number of allylic oxidation sites excluding steroid dienone is 4. The average molecular weight is 331 g/mol. The van der Waals surface area contributed by atoms with Crippen LogP contribution in [-0.2, 0) is 4.74 Å². The van der Waals surface area contributed by atoms with Gasteiger partial charge in [0.2, 0.25) is 0 Å². The predicted molar refractivity (Wildman–Crippen MR) is 96.1 cm³/mol. The van der Waals surface area contributed by atoms with Crippen LogP contribution in [0.3, 0.4) is 0 Å². The molecule has 22 heavy (non-hydrogen) atoms. The Labute approximate surface area is 141 Å². The third-order valence-electron chi connectivity index (χ3n) is 3.90. The Bertz CT molecular complexity index is 404. The SMILES string of the molecule is C=C(/C=C(F)\C(=C/C)C(CCCCl)[C@@H](C)OCC)C(C)(C)C.